The molecule has 0 bridgehead atoms. The van der Waals surface area contributed by atoms with E-state index in [0.29, 0.717) is 12.4 Å². The Labute approximate surface area is 140 Å². The third-order valence-corrected chi connectivity index (χ3v) is 5.47. The molecule has 0 aliphatic carbocycles. The van der Waals surface area contributed by atoms with Crippen LogP contribution in [0.4, 0.5) is 0 Å². The summed E-state index contributed by atoms with van der Waals surface area (Å²) < 4.78 is 31.6. The topological polar surface area (TPSA) is 72.6 Å². The maximum atomic E-state index is 12.4. The molecule has 1 unspecified atom stereocenters. The molecule has 0 radical (unpaired) electrons. The molecule has 1 aromatic carbocycles. The van der Waals surface area contributed by atoms with Gasteiger partial charge in [0.15, 0.2) is 0 Å². The first-order valence-corrected chi connectivity index (χ1v) is 8.78. The lowest BCUT2D eigenvalue weighted by molar-refractivity contribution is 0.306. The minimum atomic E-state index is -3.50. The Morgan fingerprint density at radius 2 is 1.82 bits per heavy atom. The second kappa shape index (κ2) is 10.0. The van der Waals surface area contributed by atoms with Gasteiger partial charge in [0.25, 0.3) is 0 Å². The lowest BCUT2D eigenvalue weighted by Crippen LogP contribution is -2.39. The van der Waals surface area contributed by atoms with E-state index in [1.807, 2.05) is 0 Å². The number of halogens is 1. The summed E-state index contributed by atoms with van der Waals surface area (Å²) in [5.41, 5.74) is 5.53. The van der Waals surface area contributed by atoms with Crippen LogP contribution in [0.2, 0.25) is 0 Å². The van der Waals surface area contributed by atoms with E-state index in [9.17, 15) is 8.42 Å². The second-order valence-electron chi connectivity index (χ2n) is 5.13. The summed E-state index contributed by atoms with van der Waals surface area (Å²) in [6.45, 7) is 4.86. The molecular formula is C15H27ClN2O3S. The molecule has 0 fully saturated rings. The molecule has 0 aliphatic heterocycles. The van der Waals surface area contributed by atoms with Crippen molar-refractivity contribution in [1.29, 1.82) is 0 Å². The fraction of sp³-hybridized carbons (Fsp3) is 0.600. The number of benzene rings is 1. The number of hydrogen-bond acceptors (Lipinski definition) is 4. The molecule has 0 saturated heterocycles. The van der Waals surface area contributed by atoms with Gasteiger partial charge in [0.05, 0.1) is 11.5 Å². The van der Waals surface area contributed by atoms with E-state index in [4.69, 9.17) is 10.5 Å². The van der Waals surface area contributed by atoms with Crippen molar-refractivity contribution >= 4 is 22.4 Å². The first-order valence-electron chi connectivity index (χ1n) is 7.34. The number of nitrogens with zero attached hydrogens (tertiary/aromatic N) is 1. The fourth-order valence-electron chi connectivity index (χ4n) is 1.80. The van der Waals surface area contributed by atoms with Crippen molar-refractivity contribution in [3.8, 4) is 5.75 Å². The van der Waals surface area contributed by atoms with Crippen molar-refractivity contribution in [2.45, 2.75) is 44.0 Å². The summed E-state index contributed by atoms with van der Waals surface area (Å²) in [5, 5.41) is 0. The monoisotopic (exact) mass is 350 g/mol. The summed E-state index contributed by atoms with van der Waals surface area (Å²) >= 11 is 0. The lowest BCUT2D eigenvalue weighted by atomic mass is 10.3. The highest BCUT2D eigenvalue weighted by atomic mass is 35.5. The molecule has 0 saturated carbocycles. The summed E-state index contributed by atoms with van der Waals surface area (Å²) in [5.74, 6) is 0.694. The third-order valence-electron chi connectivity index (χ3n) is 3.48. The van der Waals surface area contributed by atoms with Crippen LogP contribution in [0, 0.1) is 0 Å². The van der Waals surface area contributed by atoms with Gasteiger partial charge in [0.1, 0.15) is 5.75 Å². The normalized spacial score (nSPS) is 12.8. The van der Waals surface area contributed by atoms with Gasteiger partial charge in [-0.15, -0.1) is 12.4 Å². The molecule has 128 valence electrons. The number of nitrogens with two attached hydrogens (primary N) is 1. The van der Waals surface area contributed by atoms with Crippen LogP contribution in [-0.2, 0) is 10.0 Å². The van der Waals surface area contributed by atoms with Gasteiger partial charge >= 0.3 is 0 Å². The Kier molecular flexibility index (Phi) is 9.67. The molecule has 0 aliphatic rings. The van der Waals surface area contributed by atoms with Crippen LogP contribution in [-0.4, -0.2) is 39.0 Å². The highest BCUT2D eigenvalue weighted by Crippen LogP contribution is 2.20. The van der Waals surface area contributed by atoms with Gasteiger partial charge < -0.3 is 10.5 Å². The van der Waals surface area contributed by atoms with Crippen LogP contribution in [0.15, 0.2) is 29.2 Å². The Morgan fingerprint density at radius 3 is 2.32 bits per heavy atom. The van der Waals surface area contributed by atoms with Crippen molar-refractivity contribution < 1.29 is 13.2 Å². The van der Waals surface area contributed by atoms with Crippen LogP contribution < -0.4 is 10.5 Å². The smallest absolute Gasteiger partial charge is 0.243 e. The Balaban J connectivity index is 0.00000441. The van der Waals surface area contributed by atoms with Gasteiger partial charge in [-0.1, -0.05) is 19.8 Å². The van der Waals surface area contributed by atoms with Crippen molar-refractivity contribution in [1.82, 2.24) is 4.31 Å². The van der Waals surface area contributed by atoms with Gasteiger partial charge in [0, 0.05) is 19.6 Å². The quantitative estimate of drug-likeness (QED) is 0.695. The molecule has 7 heteroatoms. The number of unbranched alkanes of at least 4 members (excludes halogenated alkanes) is 2. The van der Waals surface area contributed by atoms with Crippen LogP contribution in [0.3, 0.4) is 0 Å². The van der Waals surface area contributed by atoms with E-state index >= 15 is 0 Å². The number of likely N-dealkylation sites (N-methyl/N-ethyl adjacent to an activating group) is 1. The highest BCUT2D eigenvalue weighted by Gasteiger charge is 2.24. The maximum absolute atomic E-state index is 12.4. The fourth-order valence-corrected chi connectivity index (χ4v) is 3.17. The average molecular weight is 351 g/mol. The molecule has 1 rings (SSSR count). The molecule has 1 atom stereocenters. The predicted molar refractivity (Wildman–Crippen MR) is 92.2 cm³/mol. The van der Waals surface area contributed by atoms with Crippen molar-refractivity contribution in [3.63, 3.8) is 0 Å². The molecule has 1 aromatic rings. The zero-order valence-corrected chi connectivity index (χ0v) is 15.1. The Hall–Kier alpha value is -0.820. The van der Waals surface area contributed by atoms with Crippen LogP contribution in [0.5, 0.6) is 5.75 Å². The molecule has 0 amide bonds. The molecule has 5 nitrogen and oxygen atoms in total. The van der Waals surface area contributed by atoms with Crippen molar-refractivity contribution in [3.05, 3.63) is 24.3 Å². The average Bonchev–Trinajstić information content (AvgIpc) is 2.50. The van der Waals surface area contributed by atoms with E-state index in [1.54, 1.807) is 38.2 Å². The number of rotatable bonds is 9. The van der Waals surface area contributed by atoms with Crippen molar-refractivity contribution in [2.75, 3.05) is 20.2 Å². The molecule has 22 heavy (non-hydrogen) atoms. The number of hydrogen-bond donors (Lipinski definition) is 1. The Bertz CT molecular complexity index is 520. The van der Waals surface area contributed by atoms with Gasteiger partial charge in [-0.2, -0.15) is 4.31 Å². The van der Waals surface area contributed by atoms with E-state index in [2.05, 4.69) is 6.92 Å². The summed E-state index contributed by atoms with van der Waals surface area (Å²) in [6.07, 6.45) is 3.29. The lowest BCUT2D eigenvalue weighted by Gasteiger charge is -2.23. The molecule has 0 heterocycles. The van der Waals surface area contributed by atoms with Crippen LogP contribution >= 0.6 is 12.4 Å². The molecule has 0 spiro atoms. The molecule has 2 N–H and O–H groups in total. The zero-order valence-electron chi connectivity index (χ0n) is 13.5. The number of sulfonamides is 1. The Morgan fingerprint density at radius 1 is 1.23 bits per heavy atom. The van der Waals surface area contributed by atoms with Gasteiger partial charge in [-0.05, 0) is 37.6 Å². The standard InChI is InChI=1S/C15H26N2O3S.ClH/c1-4-5-6-11-20-14-7-9-15(10-8-14)21(18,19)17(3)13(2)12-16;/h7-10,13H,4-6,11-12,16H2,1-3H3;1H. The van der Waals surface area contributed by atoms with E-state index in [1.165, 1.54) is 4.31 Å². The van der Waals surface area contributed by atoms with Gasteiger partial charge in [-0.3, -0.25) is 0 Å². The summed E-state index contributed by atoms with van der Waals surface area (Å²) in [4.78, 5) is 0.256. The largest absolute Gasteiger partial charge is 0.494 e. The van der Waals surface area contributed by atoms with Crippen LogP contribution in [0.1, 0.15) is 33.1 Å². The van der Waals surface area contributed by atoms with Crippen LogP contribution in [0.25, 0.3) is 0 Å². The zero-order chi connectivity index (χ0) is 15.9. The van der Waals surface area contributed by atoms with E-state index < -0.39 is 10.0 Å². The minimum Gasteiger partial charge on any atom is -0.494 e. The second-order valence-corrected chi connectivity index (χ2v) is 7.13. The third kappa shape index (κ3) is 5.76. The first kappa shape index (κ1) is 21.2. The minimum absolute atomic E-state index is 0. The molecule has 0 aromatic heterocycles. The molecular weight excluding hydrogens is 324 g/mol. The summed E-state index contributed by atoms with van der Waals surface area (Å²) in [6, 6.07) is 6.30. The number of ether oxygens (including phenoxy) is 1. The predicted octanol–water partition coefficient (Wildman–Crippen LogP) is 2.65. The van der Waals surface area contributed by atoms with Crippen molar-refractivity contribution in [2.24, 2.45) is 5.73 Å². The van der Waals surface area contributed by atoms with E-state index in [-0.39, 0.29) is 29.9 Å². The van der Waals surface area contributed by atoms with E-state index in [0.717, 1.165) is 19.3 Å². The first-order chi connectivity index (χ1) is 9.93. The maximum Gasteiger partial charge on any atom is 0.243 e. The summed E-state index contributed by atoms with van der Waals surface area (Å²) in [7, 11) is -1.95. The SMILES string of the molecule is CCCCCOc1ccc(S(=O)(=O)N(C)C(C)CN)cc1.Cl. The van der Waals surface area contributed by atoms with Gasteiger partial charge in [-0.25, -0.2) is 8.42 Å². The highest BCUT2D eigenvalue weighted by molar-refractivity contribution is 7.89. The van der Waals surface area contributed by atoms with Gasteiger partial charge in [0.2, 0.25) is 10.0 Å².